The molecule has 1 aromatic heterocycles. The third-order valence-corrected chi connectivity index (χ3v) is 4.48. The van der Waals surface area contributed by atoms with Crippen molar-refractivity contribution in [3.05, 3.63) is 41.2 Å². The number of carboxylic acid groups (broad SMARTS) is 1. The van der Waals surface area contributed by atoms with Crippen molar-refractivity contribution in [1.82, 2.24) is 9.78 Å². The van der Waals surface area contributed by atoms with E-state index in [0.29, 0.717) is 17.8 Å². The molecule has 0 saturated carbocycles. The van der Waals surface area contributed by atoms with Crippen molar-refractivity contribution in [2.75, 3.05) is 17.7 Å². The van der Waals surface area contributed by atoms with Gasteiger partial charge in [0.25, 0.3) is 6.47 Å². The SMILES string of the molecule is CCCn1ncc(C2CC(=O)Nc3cc(NC(=O)OC)ccc32)c1C.O=CO. The van der Waals surface area contributed by atoms with Gasteiger partial charge in [0, 0.05) is 41.5 Å². The Kier molecular flexibility index (Phi) is 7.14. The first-order valence-corrected chi connectivity index (χ1v) is 8.84. The van der Waals surface area contributed by atoms with E-state index in [4.69, 9.17) is 9.90 Å². The van der Waals surface area contributed by atoms with Crippen LogP contribution in [0.5, 0.6) is 0 Å². The summed E-state index contributed by atoms with van der Waals surface area (Å²) in [5.74, 6) is -0.0862. The monoisotopic (exact) mass is 388 g/mol. The van der Waals surface area contributed by atoms with Crippen molar-refractivity contribution in [1.29, 1.82) is 0 Å². The summed E-state index contributed by atoms with van der Waals surface area (Å²) >= 11 is 0. The van der Waals surface area contributed by atoms with Gasteiger partial charge in [-0.1, -0.05) is 13.0 Å². The number of methoxy groups -OCH3 is 1. The van der Waals surface area contributed by atoms with Gasteiger partial charge in [0.05, 0.1) is 13.3 Å². The van der Waals surface area contributed by atoms with Crippen LogP contribution in [0.25, 0.3) is 0 Å². The maximum Gasteiger partial charge on any atom is 0.411 e. The molecular formula is C19H24N4O5. The second-order valence-corrected chi connectivity index (χ2v) is 6.24. The average Bonchev–Trinajstić information content (AvgIpc) is 3.02. The third kappa shape index (κ3) is 4.67. The summed E-state index contributed by atoms with van der Waals surface area (Å²) in [5.41, 5.74) is 4.46. The number of hydrogen-bond donors (Lipinski definition) is 3. The minimum atomic E-state index is -0.546. The Morgan fingerprint density at radius 1 is 1.46 bits per heavy atom. The molecule has 0 aliphatic carbocycles. The van der Waals surface area contributed by atoms with E-state index < -0.39 is 6.09 Å². The molecule has 2 heterocycles. The van der Waals surface area contributed by atoms with Gasteiger partial charge in [-0.15, -0.1) is 0 Å². The number of hydrogen-bond acceptors (Lipinski definition) is 5. The lowest BCUT2D eigenvalue weighted by Crippen LogP contribution is -2.24. The molecule has 1 atom stereocenters. The lowest BCUT2D eigenvalue weighted by molar-refractivity contribution is -0.123. The van der Waals surface area contributed by atoms with Gasteiger partial charge in [-0.3, -0.25) is 19.6 Å². The maximum atomic E-state index is 12.2. The number of aromatic nitrogens is 2. The third-order valence-electron chi connectivity index (χ3n) is 4.48. The molecule has 2 aromatic rings. The summed E-state index contributed by atoms with van der Waals surface area (Å²) < 4.78 is 6.58. The predicted octanol–water partition coefficient (Wildman–Crippen LogP) is 2.95. The second kappa shape index (κ2) is 9.54. The zero-order valence-corrected chi connectivity index (χ0v) is 16.1. The highest BCUT2D eigenvalue weighted by Gasteiger charge is 2.29. The first kappa shape index (κ1) is 20.9. The number of nitrogens with one attached hydrogen (secondary N) is 2. The van der Waals surface area contributed by atoms with Crippen molar-refractivity contribution in [2.45, 2.75) is 39.2 Å². The summed E-state index contributed by atoms with van der Waals surface area (Å²) in [6, 6.07) is 5.50. The van der Waals surface area contributed by atoms with Gasteiger partial charge >= 0.3 is 6.09 Å². The van der Waals surface area contributed by atoms with Crippen molar-refractivity contribution >= 4 is 29.8 Å². The topological polar surface area (TPSA) is 123 Å². The number of rotatable bonds is 4. The number of carbonyl (C=O) groups excluding carboxylic acids is 2. The summed E-state index contributed by atoms with van der Waals surface area (Å²) in [7, 11) is 1.31. The van der Waals surface area contributed by atoms with Gasteiger partial charge in [0.1, 0.15) is 0 Å². The molecule has 0 saturated heterocycles. The van der Waals surface area contributed by atoms with E-state index in [1.165, 1.54) is 7.11 Å². The number of amides is 2. The van der Waals surface area contributed by atoms with Crippen LogP contribution in [0.3, 0.4) is 0 Å². The van der Waals surface area contributed by atoms with Gasteiger partial charge in [0.2, 0.25) is 5.91 Å². The summed E-state index contributed by atoms with van der Waals surface area (Å²) in [5, 5.41) is 16.8. The van der Waals surface area contributed by atoms with Crippen LogP contribution in [0.4, 0.5) is 16.2 Å². The summed E-state index contributed by atoms with van der Waals surface area (Å²) in [6.07, 6.45) is 2.70. The highest BCUT2D eigenvalue weighted by molar-refractivity contribution is 5.96. The molecule has 1 aliphatic heterocycles. The van der Waals surface area contributed by atoms with Crippen LogP contribution in [0.15, 0.2) is 24.4 Å². The van der Waals surface area contributed by atoms with E-state index in [9.17, 15) is 9.59 Å². The van der Waals surface area contributed by atoms with Crippen molar-refractivity contribution < 1.29 is 24.2 Å². The van der Waals surface area contributed by atoms with Crippen molar-refractivity contribution in [3.8, 4) is 0 Å². The zero-order valence-electron chi connectivity index (χ0n) is 16.1. The number of anilines is 2. The first-order valence-electron chi connectivity index (χ1n) is 8.84. The van der Waals surface area contributed by atoms with Crippen LogP contribution in [0, 0.1) is 6.92 Å². The van der Waals surface area contributed by atoms with Crippen LogP contribution in [-0.2, 0) is 20.9 Å². The fraction of sp³-hybridized carbons (Fsp3) is 0.368. The lowest BCUT2D eigenvalue weighted by atomic mass is 9.85. The number of ether oxygens (including phenoxy) is 1. The smallest absolute Gasteiger partial charge is 0.411 e. The Labute approximate surface area is 162 Å². The molecule has 2 amide bonds. The van der Waals surface area contributed by atoms with E-state index >= 15 is 0 Å². The quantitative estimate of drug-likeness (QED) is 0.692. The molecule has 0 bridgehead atoms. The molecular weight excluding hydrogens is 364 g/mol. The lowest BCUT2D eigenvalue weighted by Gasteiger charge is -2.26. The van der Waals surface area contributed by atoms with Gasteiger partial charge in [-0.2, -0.15) is 5.10 Å². The second-order valence-electron chi connectivity index (χ2n) is 6.24. The minimum absolute atomic E-state index is 0.0402. The number of carbonyl (C=O) groups is 3. The van der Waals surface area contributed by atoms with Crippen LogP contribution in [0.2, 0.25) is 0 Å². The minimum Gasteiger partial charge on any atom is -0.483 e. The Morgan fingerprint density at radius 2 is 2.18 bits per heavy atom. The highest BCUT2D eigenvalue weighted by Crippen LogP contribution is 2.39. The normalized spacial score (nSPS) is 14.8. The zero-order chi connectivity index (χ0) is 20.7. The molecule has 3 N–H and O–H groups in total. The van der Waals surface area contributed by atoms with E-state index in [0.717, 1.165) is 29.8 Å². The van der Waals surface area contributed by atoms with Gasteiger partial charge < -0.3 is 15.2 Å². The predicted molar refractivity (Wildman–Crippen MR) is 104 cm³/mol. The number of nitrogens with zero attached hydrogens (tertiary/aromatic N) is 2. The van der Waals surface area contributed by atoms with Crippen LogP contribution >= 0.6 is 0 Å². The van der Waals surface area contributed by atoms with E-state index in [1.54, 1.807) is 6.07 Å². The fourth-order valence-corrected chi connectivity index (χ4v) is 3.23. The molecule has 1 aliphatic rings. The standard InChI is InChI=1S/C18H22N4O3.CH2O2/c1-4-7-22-11(2)15(10-19-22)14-9-17(23)21-16-8-12(5-6-13(14)16)20-18(24)25-3;2-1-3/h5-6,8,10,14H,4,7,9H2,1-3H3,(H,20,24)(H,21,23);1H,(H,2,3). The van der Waals surface area contributed by atoms with Crippen LogP contribution in [0.1, 0.15) is 42.5 Å². The molecule has 3 rings (SSSR count). The number of benzene rings is 1. The molecule has 0 radical (unpaired) electrons. The Bertz CT molecular complexity index is 862. The van der Waals surface area contributed by atoms with Gasteiger partial charge in [0.15, 0.2) is 0 Å². The molecule has 1 aromatic carbocycles. The van der Waals surface area contributed by atoms with E-state index in [-0.39, 0.29) is 18.3 Å². The highest BCUT2D eigenvalue weighted by atomic mass is 16.5. The molecule has 28 heavy (non-hydrogen) atoms. The summed E-state index contributed by atoms with van der Waals surface area (Å²) in [4.78, 5) is 31.9. The van der Waals surface area contributed by atoms with E-state index in [2.05, 4.69) is 27.4 Å². The maximum absolute atomic E-state index is 12.2. The molecule has 1 unspecified atom stereocenters. The number of aryl methyl sites for hydroxylation is 1. The van der Waals surface area contributed by atoms with Crippen LogP contribution < -0.4 is 10.6 Å². The van der Waals surface area contributed by atoms with Crippen molar-refractivity contribution in [2.24, 2.45) is 0 Å². The number of fused-ring (bicyclic) bond motifs is 1. The largest absolute Gasteiger partial charge is 0.483 e. The van der Waals surface area contributed by atoms with E-state index in [1.807, 2.05) is 29.9 Å². The van der Waals surface area contributed by atoms with Crippen molar-refractivity contribution in [3.63, 3.8) is 0 Å². The fourth-order valence-electron chi connectivity index (χ4n) is 3.23. The van der Waals surface area contributed by atoms with Gasteiger partial charge in [-0.05, 0) is 31.0 Å². The molecule has 9 heteroatoms. The van der Waals surface area contributed by atoms with Crippen LogP contribution in [-0.4, -0.2) is 40.5 Å². The Hall–Kier alpha value is -3.36. The Morgan fingerprint density at radius 3 is 2.82 bits per heavy atom. The molecule has 150 valence electrons. The molecule has 0 fully saturated rings. The molecule has 9 nitrogen and oxygen atoms in total. The van der Waals surface area contributed by atoms with Gasteiger partial charge in [-0.25, -0.2) is 4.79 Å². The summed E-state index contributed by atoms with van der Waals surface area (Å²) in [6.45, 7) is 4.76. The average molecular weight is 388 g/mol. The molecule has 0 spiro atoms. The Balaban J connectivity index is 0.000000878. The first-order chi connectivity index (χ1) is 13.4.